The first-order chi connectivity index (χ1) is 14.8. The minimum absolute atomic E-state index is 0.0153. The number of sulfonamides is 2. The molecule has 1 aromatic carbocycles. The molecule has 0 aromatic heterocycles. The number of hydrogen-bond donors (Lipinski definition) is 1. The van der Waals surface area contributed by atoms with E-state index in [4.69, 9.17) is 4.74 Å². The molecule has 3 rings (SSSR count). The molecule has 1 aliphatic heterocycles. The standard InChI is InChI=1S/C21H33N3O6S2/c1-21(2,3)30-20(25)23(4)14-16-6-5-13-24(15-16)32(28,29)19-11-9-18(10-12-19)31(26,27)22-17-7-8-17/h9-12,16-17,22H,5-8,13-15H2,1-4H3. The van der Waals surface area contributed by atoms with Gasteiger partial charge in [0, 0.05) is 32.7 Å². The maximum absolute atomic E-state index is 13.1. The van der Waals surface area contributed by atoms with Crippen molar-refractivity contribution in [2.75, 3.05) is 26.7 Å². The Morgan fingerprint density at radius 2 is 1.69 bits per heavy atom. The molecule has 0 bridgehead atoms. The monoisotopic (exact) mass is 487 g/mol. The number of piperidine rings is 1. The van der Waals surface area contributed by atoms with Crippen molar-refractivity contribution in [3.05, 3.63) is 24.3 Å². The lowest BCUT2D eigenvalue weighted by atomic mass is 9.99. The Morgan fingerprint density at radius 3 is 2.25 bits per heavy atom. The van der Waals surface area contributed by atoms with Gasteiger partial charge in [-0.05, 0) is 76.6 Å². The molecule has 9 nitrogen and oxygen atoms in total. The first-order valence-corrected chi connectivity index (χ1v) is 13.8. The summed E-state index contributed by atoms with van der Waals surface area (Å²) in [6.07, 6.45) is 2.71. The quantitative estimate of drug-likeness (QED) is 0.632. The molecule has 1 saturated heterocycles. The van der Waals surface area contributed by atoms with Crippen LogP contribution in [0.4, 0.5) is 4.79 Å². The summed E-state index contributed by atoms with van der Waals surface area (Å²) >= 11 is 0. The lowest BCUT2D eigenvalue weighted by Crippen LogP contribution is -2.44. The lowest BCUT2D eigenvalue weighted by molar-refractivity contribution is 0.0258. The van der Waals surface area contributed by atoms with E-state index >= 15 is 0 Å². The van der Waals surface area contributed by atoms with Crippen LogP contribution < -0.4 is 4.72 Å². The van der Waals surface area contributed by atoms with Gasteiger partial charge in [-0.25, -0.2) is 26.4 Å². The van der Waals surface area contributed by atoms with Gasteiger partial charge in [0.15, 0.2) is 0 Å². The molecule has 180 valence electrons. The van der Waals surface area contributed by atoms with Crippen LogP contribution in [0.1, 0.15) is 46.5 Å². The average Bonchev–Trinajstić information content (AvgIpc) is 3.50. The van der Waals surface area contributed by atoms with E-state index in [-0.39, 0.29) is 21.8 Å². The van der Waals surface area contributed by atoms with Crippen LogP contribution in [-0.2, 0) is 24.8 Å². The summed E-state index contributed by atoms with van der Waals surface area (Å²) in [5.41, 5.74) is -0.596. The minimum Gasteiger partial charge on any atom is -0.444 e. The van der Waals surface area contributed by atoms with Crippen LogP contribution in [0.15, 0.2) is 34.1 Å². The SMILES string of the molecule is CN(CC1CCCN(S(=O)(=O)c2ccc(S(=O)(=O)NC3CC3)cc2)C1)C(=O)OC(C)(C)C. The Bertz CT molecular complexity index is 1030. The fourth-order valence-electron chi connectivity index (χ4n) is 3.62. The molecule has 1 atom stereocenters. The molecule has 32 heavy (non-hydrogen) atoms. The molecule has 1 aliphatic carbocycles. The number of nitrogens with one attached hydrogen (secondary N) is 1. The van der Waals surface area contributed by atoms with E-state index in [2.05, 4.69) is 4.72 Å². The molecular weight excluding hydrogens is 454 g/mol. The van der Waals surface area contributed by atoms with Gasteiger partial charge in [0.1, 0.15) is 5.60 Å². The highest BCUT2D eigenvalue weighted by Crippen LogP contribution is 2.26. The van der Waals surface area contributed by atoms with Crippen LogP contribution in [-0.4, -0.2) is 70.5 Å². The zero-order valence-electron chi connectivity index (χ0n) is 19.1. The van der Waals surface area contributed by atoms with Crippen molar-refractivity contribution in [3.8, 4) is 0 Å². The van der Waals surface area contributed by atoms with Crippen LogP contribution in [0.5, 0.6) is 0 Å². The second-order valence-corrected chi connectivity index (χ2v) is 13.3. The Kier molecular flexibility index (Phi) is 7.23. The van der Waals surface area contributed by atoms with Gasteiger partial charge in [0.2, 0.25) is 20.0 Å². The summed E-state index contributed by atoms with van der Waals surface area (Å²) in [5, 5.41) is 0. The fraction of sp³-hybridized carbons (Fsp3) is 0.667. The molecule has 1 unspecified atom stereocenters. The fourth-order valence-corrected chi connectivity index (χ4v) is 6.48. The molecule has 1 amide bonds. The van der Waals surface area contributed by atoms with Crippen LogP contribution in [0.3, 0.4) is 0 Å². The summed E-state index contributed by atoms with van der Waals surface area (Å²) in [6.45, 7) is 6.46. The van der Waals surface area contributed by atoms with Crippen molar-refractivity contribution in [1.82, 2.24) is 13.9 Å². The van der Waals surface area contributed by atoms with Crippen molar-refractivity contribution in [2.45, 2.75) is 67.9 Å². The Hall–Kier alpha value is -1.69. The van der Waals surface area contributed by atoms with E-state index < -0.39 is 31.7 Å². The summed E-state index contributed by atoms with van der Waals surface area (Å²) in [7, 11) is -5.76. The minimum atomic E-state index is -3.77. The largest absolute Gasteiger partial charge is 0.444 e. The van der Waals surface area contributed by atoms with Gasteiger partial charge < -0.3 is 9.64 Å². The maximum Gasteiger partial charge on any atom is 0.410 e. The van der Waals surface area contributed by atoms with Crippen LogP contribution in [0.2, 0.25) is 0 Å². The molecule has 0 spiro atoms. The van der Waals surface area contributed by atoms with Gasteiger partial charge in [-0.15, -0.1) is 0 Å². The molecule has 11 heteroatoms. The highest BCUT2D eigenvalue weighted by Gasteiger charge is 2.33. The highest BCUT2D eigenvalue weighted by atomic mass is 32.2. The molecule has 1 aromatic rings. The molecular formula is C21H33N3O6S2. The van der Waals surface area contributed by atoms with E-state index in [9.17, 15) is 21.6 Å². The van der Waals surface area contributed by atoms with Crippen molar-refractivity contribution >= 4 is 26.1 Å². The van der Waals surface area contributed by atoms with E-state index in [1.165, 1.54) is 33.5 Å². The Morgan fingerprint density at radius 1 is 1.09 bits per heavy atom. The molecule has 1 heterocycles. The normalized spacial score (nSPS) is 20.7. The smallest absolute Gasteiger partial charge is 0.410 e. The molecule has 1 N–H and O–H groups in total. The predicted octanol–water partition coefficient (Wildman–Crippen LogP) is 2.39. The predicted molar refractivity (Wildman–Crippen MR) is 120 cm³/mol. The van der Waals surface area contributed by atoms with Crippen LogP contribution in [0.25, 0.3) is 0 Å². The first-order valence-electron chi connectivity index (χ1n) is 10.8. The molecule has 0 radical (unpaired) electrons. The number of benzene rings is 1. The van der Waals surface area contributed by atoms with Crippen LogP contribution >= 0.6 is 0 Å². The first kappa shape index (κ1) is 24.9. The second-order valence-electron chi connectivity index (χ2n) is 9.60. The number of amides is 1. The summed E-state index contributed by atoms with van der Waals surface area (Å²) in [6, 6.07) is 5.32. The van der Waals surface area contributed by atoms with Gasteiger partial charge >= 0.3 is 6.09 Å². The number of carbonyl (C=O) groups is 1. The third kappa shape index (κ3) is 6.43. The number of nitrogens with zero attached hydrogens (tertiary/aromatic N) is 2. The van der Waals surface area contributed by atoms with E-state index in [0.717, 1.165) is 19.3 Å². The third-order valence-electron chi connectivity index (χ3n) is 5.39. The Labute approximate surface area is 191 Å². The van der Waals surface area contributed by atoms with Crippen molar-refractivity contribution in [2.24, 2.45) is 5.92 Å². The van der Waals surface area contributed by atoms with E-state index in [0.29, 0.717) is 26.1 Å². The van der Waals surface area contributed by atoms with Gasteiger partial charge in [-0.3, -0.25) is 0 Å². The summed E-state index contributed by atoms with van der Waals surface area (Å²) in [4.78, 5) is 13.8. The third-order valence-corrected chi connectivity index (χ3v) is 8.81. The summed E-state index contributed by atoms with van der Waals surface area (Å²) < 4.78 is 60.3. The van der Waals surface area contributed by atoms with Crippen molar-refractivity contribution in [1.29, 1.82) is 0 Å². The number of rotatable bonds is 7. The topological polar surface area (TPSA) is 113 Å². The zero-order chi connectivity index (χ0) is 23.7. The maximum atomic E-state index is 13.1. The average molecular weight is 488 g/mol. The van der Waals surface area contributed by atoms with Gasteiger partial charge in [-0.1, -0.05) is 0 Å². The summed E-state index contributed by atoms with van der Waals surface area (Å²) in [5.74, 6) is -0.0153. The van der Waals surface area contributed by atoms with Gasteiger partial charge in [0.25, 0.3) is 0 Å². The van der Waals surface area contributed by atoms with Crippen molar-refractivity contribution in [3.63, 3.8) is 0 Å². The van der Waals surface area contributed by atoms with Gasteiger partial charge in [-0.2, -0.15) is 4.31 Å². The number of hydrogen-bond acceptors (Lipinski definition) is 6. The zero-order valence-corrected chi connectivity index (χ0v) is 20.7. The van der Waals surface area contributed by atoms with E-state index in [1.54, 1.807) is 27.8 Å². The highest BCUT2D eigenvalue weighted by molar-refractivity contribution is 7.89. The van der Waals surface area contributed by atoms with Gasteiger partial charge in [0.05, 0.1) is 9.79 Å². The van der Waals surface area contributed by atoms with Crippen molar-refractivity contribution < 1.29 is 26.4 Å². The second kappa shape index (κ2) is 9.28. The Balaban J connectivity index is 1.65. The molecule has 2 fully saturated rings. The van der Waals surface area contributed by atoms with E-state index in [1.807, 2.05) is 0 Å². The van der Waals surface area contributed by atoms with Crippen LogP contribution in [0, 0.1) is 5.92 Å². The molecule has 2 aliphatic rings. The molecule has 1 saturated carbocycles. The number of carbonyl (C=O) groups excluding carboxylic acids is 1. The number of ether oxygens (including phenoxy) is 1. The lowest BCUT2D eigenvalue weighted by Gasteiger charge is -2.34.